The summed E-state index contributed by atoms with van der Waals surface area (Å²) in [6.45, 7) is 7.18. The Kier molecular flexibility index (Phi) is 16.3. The minimum atomic E-state index is -5.10. The Hall–Kier alpha value is -8.58. The Balaban J connectivity index is 0.868. The van der Waals surface area contributed by atoms with Crippen LogP contribution in [-0.2, 0) is 56.5 Å². The number of phenolic OH excluding ortho intramolecular Hbond substituents is 2. The third-order valence-corrected chi connectivity index (χ3v) is 16.9. The third kappa shape index (κ3) is 12.6. The second kappa shape index (κ2) is 22.4. The van der Waals surface area contributed by atoms with E-state index >= 15 is 0 Å². The summed E-state index contributed by atoms with van der Waals surface area (Å²) in [7, 11) is -20.3. The Morgan fingerprint density at radius 2 is 0.841 bits per heavy atom. The van der Waals surface area contributed by atoms with Gasteiger partial charge in [0.15, 0.2) is 11.5 Å². The first-order chi connectivity index (χ1) is 38.2. The van der Waals surface area contributed by atoms with Crippen molar-refractivity contribution in [2.45, 2.75) is 72.6 Å². The average Bonchev–Trinajstić information content (AvgIpc) is 3.08. The van der Waals surface area contributed by atoms with E-state index in [0.29, 0.717) is 40.3 Å². The highest BCUT2D eigenvalue weighted by Gasteiger charge is 2.29. The van der Waals surface area contributed by atoms with Gasteiger partial charge in [0.1, 0.15) is 36.7 Å². The van der Waals surface area contributed by atoms with Crippen LogP contribution in [0, 0.1) is 27.7 Å². The van der Waals surface area contributed by atoms with Crippen LogP contribution < -0.4 is 22.5 Å². The topological polar surface area (TPSA) is 432 Å². The zero-order chi connectivity index (χ0) is 60.1. The average molecular weight is 1200 g/mol. The number of azo groups is 2. The maximum atomic E-state index is 13.2. The van der Waals surface area contributed by atoms with Crippen molar-refractivity contribution in [3.8, 4) is 33.8 Å². The number of nitrogen functional groups attached to an aromatic ring is 2. The molecule has 1 atom stereocenters. The van der Waals surface area contributed by atoms with Crippen molar-refractivity contribution in [2.75, 3.05) is 16.8 Å². The molecular weight excluding hydrogens is 1140 g/mol. The van der Waals surface area contributed by atoms with Crippen LogP contribution >= 0.6 is 0 Å². The molecule has 0 fully saturated rings. The number of nitrogens with zero attached hydrogens (tertiary/aromatic N) is 4. The van der Waals surface area contributed by atoms with Gasteiger partial charge in [-0.15, -0.1) is 10.2 Å². The van der Waals surface area contributed by atoms with Crippen LogP contribution in [0.1, 0.15) is 40.7 Å². The highest BCUT2D eigenvalue weighted by Crippen LogP contribution is 2.46. The molecule has 0 heterocycles. The maximum absolute atomic E-state index is 13.2. The molecule has 13 N–H and O–H groups in total. The number of Topliss-reactive ketones (excluding diaryl/α,β-unsaturated/α-hetero) is 1. The van der Waals surface area contributed by atoms with Gasteiger partial charge >= 0.3 is 0 Å². The molecule has 0 aliphatic rings. The van der Waals surface area contributed by atoms with E-state index in [0.717, 1.165) is 51.1 Å². The molecule has 8 aromatic rings. The van der Waals surface area contributed by atoms with Crippen LogP contribution in [-0.4, -0.2) is 79.8 Å². The summed E-state index contributed by atoms with van der Waals surface area (Å²) < 4.78 is 135. The SMILES string of the molecule is Cc1cc(-c2ccc(N=Nc3ccc4c(S(=O)(=O)O)cc(S(=O)(=O)O)c(N)c4c3O)c(C)c2)ccc1CC(=O)CC(N)CC(=O)Nc1ccc(-c2ccc(N=Nc3ccc4c(S(=O)(=O)O)cc(S(=O)(=O)O)c(N)c4c3O)c(C)c2)cc1C. The van der Waals surface area contributed by atoms with Crippen LogP contribution in [0.3, 0.4) is 0 Å². The van der Waals surface area contributed by atoms with E-state index in [9.17, 15) is 71.7 Å². The molecule has 0 aliphatic heterocycles. The van der Waals surface area contributed by atoms with Crippen molar-refractivity contribution in [1.29, 1.82) is 0 Å². The van der Waals surface area contributed by atoms with Crippen LogP contribution in [0.5, 0.6) is 11.5 Å². The molecule has 8 aromatic carbocycles. The van der Waals surface area contributed by atoms with E-state index < -0.39 is 106 Å². The van der Waals surface area contributed by atoms with E-state index in [4.69, 9.17) is 17.2 Å². The summed E-state index contributed by atoms with van der Waals surface area (Å²) in [6, 6.07) is 26.3. The van der Waals surface area contributed by atoms with Gasteiger partial charge in [-0.1, -0.05) is 48.5 Å². The number of anilines is 3. The van der Waals surface area contributed by atoms with Crippen molar-refractivity contribution in [3.63, 3.8) is 0 Å². The van der Waals surface area contributed by atoms with E-state index in [2.05, 4.69) is 25.8 Å². The Morgan fingerprint density at radius 1 is 0.476 bits per heavy atom. The molecule has 0 bridgehead atoms. The molecule has 28 heteroatoms. The molecular formula is C54H50N8O16S4. The molecule has 0 saturated heterocycles. The predicted molar refractivity (Wildman–Crippen MR) is 305 cm³/mol. The Labute approximate surface area is 469 Å². The van der Waals surface area contributed by atoms with Crippen LogP contribution in [0.25, 0.3) is 43.8 Å². The van der Waals surface area contributed by atoms with Crippen molar-refractivity contribution >= 4 is 114 Å². The number of phenols is 2. The molecule has 0 spiro atoms. The normalized spacial score (nSPS) is 12.9. The van der Waals surface area contributed by atoms with Gasteiger partial charge in [-0.05, 0) is 138 Å². The van der Waals surface area contributed by atoms with Crippen LogP contribution in [0.2, 0.25) is 0 Å². The van der Waals surface area contributed by atoms with Crippen LogP contribution in [0.4, 0.5) is 39.8 Å². The summed E-state index contributed by atoms with van der Waals surface area (Å²) in [6.07, 6.45) is -0.128. The fourth-order valence-corrected chi connectivity index (χ4v) is 12.1. The van der Waals surface area contributed by atoms with E-state index in [-0.39, 0.29) is 47.2 Å². The molecule has 24 nitrogen and oxygen atoms in total. The summed E-state index contributed by atoms with van der Waals surface area (Å²) in [5.41, 5.74) is 24.4. The lowest BCUT2D eigenvalue weighted by Crippen LogP contribution is -2.30. The Bertz CT molecular complexity index is 4290. The molecule has 82 heavy (non-hydrogen) atoms. The van der Waals surface area contributed by atoms with Crippen molar-refractivity contribution in [1.82, 2.24) is 0 Å². The molecule has 8 rings (SSSR count). The minimum absolute atomic E-state index is 0.0634. The number of carbonyl (C=O) groups is 2. The molecule has 0 aliphatic carbocycles. The number of benzene rings is 8. The van der Waals surface area contributed by atoms with Crippen molar-refractivity contribution in [3.05, 3.63) is 137 Å². The molecule has 1 amide bonds. The molecule has 0 saturated carbocycles. The molecule has 1 unspecified atom stereocenters. The largest absolute Gasteiger partial charge is 0.505 e. The first-order valence-corrected chi connectivity index (χ1v) is 29.9. The maximum Gasteiger partial charge on any atom is 0.296 e. The summed E-state index contributed by atoms with van der Waals surface area (Å²) >= 11 is 0. The number of fused-ring (bicyclic) bond motifs is 2. The van der Waals surface area contributed by atoms with Crippen molar-refractivity contribution in [2.24, 2.45) is 26.2 Å². The summed E-state index contributed by atoms with van der Waals surface area (Å²) in [5.74, 6) is -2.10. The van der Waals surface area contributed by atoms with Gasteiger partial charge in [0.2, 0.25) is 5.91 Å². The molecule has 426 valence electrons. The van der Waals surface area contributed by atoms with E-state index in [1.165, 1.54) is 12.1 Å². The van der Waals surface area contributed by atoms with Crippen LogP contribution in [0.15, 0.2) is 149 Å². The van der Waals surface area contributed by atoms with Gasteiger partial charge in [0, 0.05) is 41.8 Å². The van der Waals surface area contributed by atoms with E-state index in [1.54, 1.807) is 57.2 Å². The number of rotatable bonds is 17. The van der Waals surface area contributed by atoms with Gasteiger partial charge in [0.05, 0.1) is 33.5 Å². The molecule has 0 aromatic heterocycles. The lowest BCUT2D eigenvalue weighted by atomic mass is 9.94. The number of hydrogen-bond acceptors (Lipinski definition) is 19. The predicted octanol–water partition coefficient (Wildman–Crippen LogP) is 9.81. The number of hydrogen-bond donors (Lipinski definition) is 10. The number of amides is 1. The third-order valence-electron chi connectivity index (χ3n) is 13.3. The highest BCUT2D eigenvalue weighted by atomic mass is 32.2. The van der Waals surface area contributed by atoms with Gasteiger partial charge in [-0.3, -0.25) is 27.8 Å². The highest BCUT2D eigenvalue weighted by molar-refractivity contribution is 7.87. The van der Waals surface area contributed by atoms with Gasteiger partial charge < -0.3 is 32.7 Å². The zero-order valence-corrected chi connectivity index (χ0v) is 46.8. The fourth-order valence-electron chi connectivity index (χ4n) is 9.18. The standard InChI is InChI=1S/C54H50N8O16S4/c1-26-17-31(33-8-13-40(28(3)19-33)59-61-42-15-10-37-44(79(67,68)69)24-46(81(73,74)75)51(56)49(37)53(42)65)6-5-30(26)21-36(63)22-35(55)23-48(64)58-39-12-7-32(18-27(39)2)34-9-14-41(29(4)20-34)60-62-43-16-11-38-45(80(70,71)72)25-47(82(76,77)78)52(57)50(38)54(43)66/h5-20,24-25,35,65-66H,21-23,55-57H2,1-4H3,(H,58,64)(H,67,68,69)(H,70,71,72)(H,73,74,75)(H,76,77,78). The monoisotopic (exact) mass is 1190 g/mol. The number of ketones is 1. The smallest absolute Gasteiger partial charge is 0.296 e. The van der Waals surface area contributed by atoms with Gasteiger partial charge in [-0.25, -0.2) is 0 Å². The van der Waals surface area contributed by atoms with Crippen molar-refractivity contribution < 1.29 is 71.7 Å². The lowest BCUT2D eigenvalue weighted by molar-refractivity contribution is -0.119. The number of nitrogens with two attached hydrogens (primary N) is 3. The van der Waals surface area contributed by atoms with Gasteiger partial charge in [0.25, 0.3) is 40.5 Å². The zero-order valence-electron chi connectivity index (χ0n) is 43.5. The quantitative estimate of drug-likeness (QED) is 0.0230. The summed E-state index contributed by atoms with van der Waals surface area (Å²) in [5, 5.41) is 39.8. The first kappa shape index (κ1) is 59.5. The first-order valence-electron chi connectivity index (χ1n) is 24.1. The minimum Gasteiger partial charge on any atom is -0.505 e. The lowest BCUT2D eigenvalue weighted by Gasteiger charge is -2.14. The summed E-state index contributed by atoms with van der Waals surface area (Å²) in [4.78, 5) is 22.5. The number of carbonyl (C=O) groups excluding carboxylic acids is 2. The number of aromatic hydroxyl groups is 2. The van der Waals surface area contributed by atoms with Gasteiger partial charge in [-0.2, -0.15) is 43.9 Å². The fraction of sp³-hybridized carbons (Fsp3) is 0.148. The van der Waals surface area contributed by atoms with E-state index in [1.807, 2.05) is 43.3 Å². The molecule has 0 radical (unpaired) electrons. The number of nitrogens with one attached hydrogen (secondary N) is 1. The second-order valence-electron chi connectivity index (χ2n) is 19.2. The Morgan fingerprint density at radius 3 is 1.23 bits per heavy atom. The second-order valence-corrected chi connectivity index (χ2v) is 24.8. The number of aryl methyl sites for hydroxylation is 4.